The summed E-state index contributed by atoms with van der Waals surface area (Å²) in [6.45, 7) is 3.37. The molecule has 7 nitrogen and oxygen atoms in total. The molecule has 0 radical (unpaired) electrons. The monoisotopic (exact) mass is 600 g/mol. The molecule has 0 spiro atoms. The predicted molar refractivity (Wildman–Crippen MR) is 138 cm³/mol. The van der Waals surface area contributed by atoms with Crippen molar-refractivity contribution in [2.45, 2.75) is 43.6 Å². The number of thiazole rings is 1. The number of nitrogens with one attached hydrogen (secondary N) is 1. The second kappa shape index (κ2) is 9.85. The van der Waals surface area contributed by atoms with Gasteiger partial charge in [0.2, 0.25) is 0 Å². The Labute approximate surface area is 229 Å². The number of sulfonamides is 1. The molecule has 1 aromatic heterocycles. The van der Waals surface area contributed by atoms with Crippen LogP contribution >= 0.6 is 11.3 Å². The van der Waals surface area contributed by atoms with Crippen LogP contribution in [-0.4, -0.2) is 29.6 Å². The zero-order valence-corrected chi connectivity index (χ0v) is 22.4. The molecule has 0 saturated carbocycles. The Bertz CT molecular complexity index is 1670. The molecular weight excluding hydrogens is 579 g/mol. The molecule has 2 atom stereocenters. The highest BCUT2D eigenvalue weighted by molar-refractivity contribution is 7.93. The number of anilines is 1. The summed E-state index contributed by atoms with van der Waals surface area (Å²) >= 11 is 1.14. The molecule has 1 aliphatic heterocycles. The number of ether oxygens (including phenoxy) is 2. The Hall–Kier alpha value is -3.49. The van der Waals surface area contributed by atoms with Gasteiger partial charge in [-0.3, -0.25) is 4.72 Å². The van der Waals surface area contributed by atoms with Crippen molar-refractivity contribution >= 4 is 37.3 Å². The number of alkyl halides is 3. The molecular formula is C26H21F5N2O5S2. The van der Waals surface area contributed by atoms with Crippen LogP contribution in [0.1, 0.15) is 42.0 Å². The second-order valence-electron chi connectivity index (χ2n) is 9.63. The summed E-state index contributed by atoms with van der Waals surface area (Å²) in [5, 5.41) is 11.8. The van der Waals surface area contributed by atoms with Gasteiger partial charge in [-0.25, -0.2) is 13.8 Å². The van der Waals surface area contributed by atoms with Crippen LogP contribution in [0, 0.1) is 11.6 Å². The van der Waals surface area contributed by atoms with Crippen molar-refractivity contribution in [3.8, 4) is 11.5 Å². The van der Waals surface area contributed by atoms with Gasteiger partial charge in [0, 0.05) is 17.3 Å². The third-order valence-corrected chi connectivity index (χ3v) is 8.48. The molecule has 0 unspecified atom stereocenters. The van der Waals surface area contributed by atoms with Gasteiger partial charge in [0.1, 0.15) is 28.7 Å². The SMILES string of the molecule is CC1(C)Oc2ccc(OCc3nc4cc(F)c(F)cc4s3)cc2[C@H](O)[C@@H]1c1cccc(NS(=O)(=O)C(F)(F)F)c1. The number of aromatic nitrogens is 1. The van der Waals surface area contributed by atoms with Gasteiger partial charge >= 0.3 is 15.5 Å². The number of hydrogen-bond donors (Lipinski definition) is 2. The average Bonchev–Trinajstić information content (AvgIpc) is 3.23. The fourth-order valence-electron chi connectivity index (χ4n) is 4.62. The van der Waals surface area contributed by atoms with Crippen LogP contribution in [0.15, 0.2) is 54.6 Å². The van der Waals surface area contributed by atoms with Crippen LogP contribution in [-0.2, 0) is 16.6 Å². The summed E-state index contributed by atoms with van der Waals surface area (Å²) in [5.74, 6) is -2.09. The van der Waals surface area contributed by atoms with E-state index in [1.54, 1.807) is 38.1 Å². The summed E-state index contributed by atoms with van der Waals surface area (Å²) in [5.41, 5.74) is -5.88. The van der Waals surface area contributed by atoms with Gasteiger partial charge in [-0.1, -0.05) is 12.1 Å². The zero-order valence-electron chi connectivity index (χ0n) is 20.8. The molecule has 0 amide bonds. The van der Waals surface area contributed by atoms with Gasteiger partial charge in [-0.2, -0.15) is 21.6 Å². The predicted octanol–water partition coefficient (Wildman–Crippen LogP) is 6.40. The molecule has 14 heteroatoms. The van der Waals surface area contributed by atoms with E-state index in [9.17, 15) is 35.5 Å². The lowest BCUT2D eigenvalue weighted by Crippen LogP contribution is -2.43. The number of aliphatic hydroxyl groups is 1. The van der Waals surface area contributed by atoms with E-state index in [4.69, 9.17) is 9.47 Å². The normalized spacial score (nSPS) is 18.7. The molecule has 2 heterocycles. The topological polar surface area (TPSA) is 97.8 Å². The van der Waals surface area contributed by atoms with E-state index in [1.165, 1.54) is 22.9 Å². The third-order valence-electron chi connectivity index (χ3n) is 6.38. The number of nitrogens with zero attached hydrogens (tertiary/aromatic N) is 1. The highest BCUT2D eigenvalue weighted by atomic mass is 32.2. The highest BCUT2D eigenvalue weighted by Gasteiger charge is 2.47. The van der Waals surface area contributed by atoms with Crippen molar-refractivity contribution in [3.63, 3.8) is 0 Å². The van der Waals surface area contributed by atoms with Crippen molar-refractivity contribution in [2.24, 2.45) is 0 Å². The molecule has 1 aliphatic rings. The number of benzene rings is 3. The number of hydrogen-bond acceptors (Lipinski definition) is 7. The Balaban J connectivity index is 1.39. The zero-order chi connectivity index (χ0) is 29.0. The van der Waals surface area contributed by atoms with Gasteiger partial charge in [0.25, 0.3) is 0 Å². The maximum absolute atomic E-state index is 13.5. The van der Waals surface area contributed by atoms with Crippen molar-refractivity contribution in [2.75, 3.05) is 4.72 Å². The molecule has 212 valence electrons. The largest absolute Gasteiger partial charge is 0.516 e. The number of halogens is 5. The highest BCUT2D eigenvalue weighted by Crippen LogP contribution is 2.50. The first-order chi connectivity index (χ1) is 18.6. The molecule has 0 saturated heterocycles. The quantitative estimate of drug-likeness (QED) is 0.249. The summed E-state index contributed by atoms with van der Waals surface area (Å²) in [6, 6.07) is 12.1. The Morgan fingerprint density at radius 2 is 1.82 bits per heavy atom. The molecule has 3 aromatic carbocycles. The second-order valence-corrected chi connectivity index (χ2v) is 12.4. The van der Waals surface area contributed by atoms with Gasteiger partial charge in [0.15, 0.2) is 11.6 Å². The maximum atomic E-state index is 13.5. The summed E-state index contributed by atoms with van der Waals surface area (Å²) in [4.78, 5) is 4.25. The molecule has 5 rings (SSSR count). The van der Waals surface area contributed by atoms with Crippen molar-refractivity contribution < 1.29 is 45.0 Å². The smallest absolute Gasteiger partial charge is 0.487 e. The lowest BCUT2D eigenvalue weighted by Gasteiger charge is -2.43. The first-order valence-electron chi connectivity index (χ1n) is 11.7. The first kappa shape index (κ1) is 28.1. The summed E-state index contributed by atoms with van der Waals surface area (Å²) in [7, 11) is -5.64. The van der Waals surface area contributed by atoms with E-state index in [0.29, 0.717) is 37.9 Å². The molecule has 4 aromatic rings. The Morgan fingerprint density at radius 3 is 2.55 bits per heavy atom. The molecule has 40 heavy (non-hydrogen) atoms. The lowest BCUT2D eigenvalue weighted by molar-refractivity contribution is -0.0429. The summed E-state index contributed by atoms with van der Waals surface area (Å²) < 4.78 is 103. The number of fused-ring (bicyclic) bond motifs is 2. The van der Waals surface area contributed by atoms with Crippen LogP contribution in [0.5, 0.6) is 11.5 Å². The van der Waals surface area contributed by atoms with Crippen LogP contribution < -0.4 is 14.2 Å². The van der Waals surface area contributed by atoms with E-state index in [-0.39, 0.29) is 12.3 Å². The number of aliphatic hydroxyl groups excluding tert-OH is 1. The van der Waals surface area contributed by atoms with Crippen molar-refractivity contribution in [1.29, 1.82) is 0 Å². The minimum atomic E-state index is -5.64. The molecule has 0 fully saturated rings. The molecule has 2 N–H and O–H groups in total. The maximum Gasteiger partial charge on any atom is 0.516 e. The Morgan fingerprint density at radius 1 is 1.10 bits per heavy atom. The number of rotatable bonds is 6. The van der Waals surface area contributed by atoms with E-state index in [1.807, 2.05) is 0 Å². The van der Waals surface area contributed by atoms with Crippen LogP contribution in [0.4, 0.5) is 27.6 Å². The first-order valence-corrected chi connectivity index (χ1v) is 14.0. The van der Waals surface area contributed by atoms with Crippen molar-refractivity contribution in [1.82, 2.24) is 4.98 Å². The standard InChI is InChI=1S/C26H21F5N2O5S2/c1-25(2)23(13-4-3-5-14(8-13)33-40(35,36)26(29,30)31)24(34)16-9-15(6-7-20(16)38-25)37-12-22-32-19-10-17(27)18(28)11-21(19)39-22/h3-11,23-24,33-34H,12H2,1-2H3/t23-,24-/m0/s1. The fourth-order valence-corrected chi connectivity index (χ4v) is 6.06. The van der Waals surface area contributed by atoms with Crippen molar-refractivity contribution in [3.05, 3.63) is 82.4 Å². The van der Waals surface area contributed by atoms with Gasteiger partial charge in [-0.15, -0.1) is 11.3 Å². The minimum Gasteiger partial charge on any atom is -0.487 e. The minimum absolute atomic E-state index is 0.0192. The van der Waals surface area contributed by atoms with E-state index < -0.39 is 44.8 Å². The van der Waals surface area contributed by atoms with E-state index in [0.717, 1.165) is 23.5 Å². The lowest BCUT2D eigenvalue weighted by atomic mass is 9.76. The molecule has 0 aliphatic carbocycles. The molecule has 0 bridgehead atoms. The van der Waals surface area contributed by atoms with E-state index in [2.05, 4.69) is 4.98 Å². The van der Waals surface area contributed by atoms with Crippen LogP contribution in [0.25, 0.3) is 10.2 Å². The van der Waals surface area contributed by atoms with Crippen LogP contribution in [0.3, 0.4) is 0 Å². The fraction of sp³-hybridized carbons (Fsp3) is 0.269. The van der Waals surface area contributed by atoms with Crippen LogP contribution in [0.2, 0.25) is 0 Å². The van der Waals surface area contributed by atoms with Gasteiger partial charge < -0.3 is 14.6 Å². The van der Waals surface area contributed by atoms with E-state index >= 15 is 0 Å². The Kier molecular flexibility index (Phi) is 6.91. The van der Waals surface area contributed by atoms with Gasteiger partial charge in [-0.05, 0) is 55.8 Å². The average molecular weight is 601 g/mol. The summed E-state index contributed by atoms with van der Waals surface area (Å²) in [6.07, 6.45) is -1.20. The third kappa shape index (κ3) is 5.30. The van der Waals surface area contributed by atoms with Gasteiger partial charge in [0.05, 0.1) is 22.2 Å².